The molecule has 5 rings (SSSR count). The van der Waals surface area contributed by atoms with Crippen molar-refractivity contribution in [3.63, 3.8) is 0 Å². The first-order chi connectivity index (χ1) is 16.0. The van der Waals surface area contributed by atoms with Crippen LogP contribution < -0.4 is 5.48 Å². The van der Waals surface area contributed by atoms with E-state index in [0.29, 0.717) is 24.2 Å². The summed E-state index contributed by atoms with van der Waals surface area (Å²) >= 11 is 11.8. The van der Waals surface area contributed by atoms with Crippen molar-refractivity contribution in [1.29, 1.82) is 0 Å². The van der Waals surface area contributed by atoms with Crippen molar-refractivity contribution in [2.75, 3.05) is 26.2 Å². The van der Waals surface area contributed by atoms with Crippen LogP contribution in [0.5, 0.6) is 0 Å². The predicted octanol–water partition coefficient (Wildman–Crippen LogP) is 5.63. The van der Waals surface area contributed by atoms with Crippen LogP contribution in [0.2, 0.25) is 10.0 Å². The molecule has 11 heteroatoms. The van der Waals surface area contributed by atoms with Gasteiger partial charge < -0.3 is 9.80 Å². The van der Waals surface area contributed by atoms with E-state index in [2.05, 4.69) is 5.48 Å². The minimum absolute atomic E-state index is 0.0382. The molecule has 2 fully saturated rings. The number of likely N-dealkylation sites (tertiary alicyclic amines) is 2. The fraction of sp³-hybridized carbons (Fsp3) is 0.348. The molecule has 0 aromatic heterocycles. The molecular weight excluding hydrogens is 497 g/mol. The Balaban J connectivity index is 1.38. The highest BCUT2D eigenvalue weighted by molar-refractivity contribution is 6.34. The molecule has 0 aliphatic carbocycles. The van der Waals surface area contributed by atoms with Crippen LogP contribution in [0.25, 0.3) is 5.70 Å². The van der Waals surface area contributed by atoms with E-state index in [1.165, 1.54) is 35.2 Å². The van der Waals surface area contributed by atoms with Crippen LogP contribution in [0, 0.1) is 0 Å². The van der Waals surface area contributed by atoms with Gasteiger partial charge in [-0.2, -0.15) is 13.2 Å². The first kappa shape index (κ1) is 23.3. The van der Waals surface area contributed by atoms with Crippen LogP contribution in [0.3, 0.4) is 0 Å². The number of rotatable bonds is 3. The Bertz CT molecular complexity index is 1140. The van der Waals surface area contributed by atoms with Crippen LogP contribution in [-0.2, 0) is 16.1 Å². The van der Waals surface area contributed by atoms with Crippen LogP contribution in [0.4, 0.5) is 22.4 Å². The Morgan fingerprint density at radius 2 is 1.59 bits per heavy atom. The minimum Gasteiger partial charge on any atom is -0.325 e. The number of nitrogens with zero attached hydrogens (tertiary/aromatic N) is 2. The molecule has 0 spiro atoms. The predicted molar refractivity (Wildman–Crippen MR) is 119 cm³/mol. The summed E-state index contributed by atoms with van der Waals surface area (Å²) in [7, 11) is 0. The maximum atomic E-state index is 15.3. The molecule has 2 amide bonds. The van der Waals surface area contributed by atoms with Gasteiger partial charge in [-0.3, -0.25) is 10.3 Å². The van der Waals surface area contributed by atoms with Crippen LogP contribution in [0.1, 0.15) is 23.1 Å². The summed E-state index contributed by atoms with van der Waals surface area (Å²) in [5.74, 6) is 0. The zero-order chi connectivity index (χ0) is 24.3. The average molecular weight is 516 g/mol. The Labute approximate surface area is 202 Å². The fourth-order valence-corrected chi connectivity index (χ4v) is 4.81. The monoisotopic (exact) mass is 515 g/mol. The SMILES string of the molecule is O=C(N1CCC1)N1CC(F)(c2ccc(C3=CC(c4cc(Cl)cc(Cl)c4)(C(F)(F)F)ON3)cc2)C1. The van der Waals surface area contributed by atoms with E-state index in [0.717, 1.165) is 24.6 Å². The molecule has 3 heterocycles. The summed E-state index contributed by atoms with van der Waals surface area (Å²) in [6.45, 7) is 1.26. The zero-order valence-electron chi connectivity index (χ0n) is 17.6. The van der Waals surface area contributed by atoms with Crippen molar-refractivity contribution in [3.05, 3.63) is 75.3 Å². The summed E-state index contributed by atoms with van der Waals surface area (Å²) < 4.78 is 57.7. The highest BCUT2D eigenvalue weighted by atomic mass is 35.5. The maximum Gasteiger partial charge on any atom is 0.428 e. The van der Waals surface area contributed by atoms with E-state index in [-0.39, 0.29) is 40.4 Å². The lowest BCUT2D eigenvalue weighted by molar-refractivity contribution is -0.269. The standard InChI is InChI=1S/C23H19Cl2F4N3O2/c24-17-8-16(9-18(25)10-17)22(23(27,28)29)11-19(30-34-22)14-2-4-15(5-3-14)21(26)12-32(13-21)20(33)31-6-1-7-31/h2-5,8-11,30H,1,6-7,12-13H2. The molecule has 5 nitrogen and oxygen atoms in total. The molecule has 3 aliphatic rings. The van der Waals surface area contributed by atoms with Gasteiger partial charge in [0, 0.05) is 28.7 Å². The normalized spacial score (nSPS) is 23.6. The van der Waals surface area contributed by atoms with Gasteiger partial charge in [-0.15, -0.1) is 0 Å². The third kappa shape index (κ3) is 3.79. The lowest BCUT2D eigenvalue weighted by atomic mass is 9.87. The van der Waals surface area contributed by atoms with E-state index < -0.39 is 17.4 Å². The molecule has 3 aliphatic heterocycles. The molecule has 0 bridgehead atoms. The van der Waals surface area contributed by atoms with Crippen molar-refractivity contribution in [2.45, 2.75) is 23.9 Å². The molecule has 1 atom stereocenters. The summed E-state index contributed by atoms with van der Waals surface area (Å²) in [5.41, 5.74) is -1.64. The second-order valence-corrected chi connectivity index (χ2v) is 9.55. The maximum absolute atomic E-state index is 15.3. The van der Waals surface area contributed by atoms with Crippen molar-refractivity contribution >= 4 is 34.9 Å². The smallest absolute Gasteiger partial charge is 0.325 e. The minimum atomic E-state index is -4.82. The van der Waals surface area contributed by atoms with E-state index in [4.69, 9.17) is 28.0 Å². The number of urea groups is 1. The summed E-state index contributed by atoms with van der Waals surface area (Å²) in [6.07, 6.45) is -2.96. The zero-order valence-corrected chi connectivity index (χ0v) is 19.1. The third-order valence-corrected chi connectivity index (χ3v) is 6.81. The van der Waals surface area contributed by atoms with Gasteiger partial charge >= 0.3 is 12.2 Å². The number of carbonyl (C=O) groups is 1. The Kier molecular flexibility index (Phi) is 5.50. The molecule has 1 unspecified atom stereocenters. The molecule has 0 radical (unpaired) electrons. The van der Waals surface area contributed by atoms with Crippen molar-refractivity contribution in [3.8, 4) is 0 Å². The van der Waals surface area contributed by atoms with Gasteiger partial charge in [0.25, 0.3) is 0 Å². The summed E-state index contributed by atoms with van der Waals surface area (Å²) in [6, 6.07) is 9.47. The number of hydrogen-bond donors (Lipinski definition) is 1. The first-order valence-electron chi connectivity index (χ1n) is 10.5. The average Bonchev–Trinajstić information content (AvgIpc) is 3.16. The quantitative estimate of drug-likeness (QED) is 0.538. The van der Waals surface area contributed by atoms with Gasteiger partial charge in [-0.25, -0.2) is 9.18 Å². The lowest BCUT2D eigenvalue weighted by Gasteiger charge is -2.47. The number of hydroxylamine groups is 1. The second-order valence-electron chi connectivity index (χ2n) is 8.68. The molecular formula is C23H19Cl2F4N3O2. The van der Waals surface area contributed by atoms with E-state index in [9.17, 15) is 18.0 Å². The third-order valence-electron chi connectivity index (χ3n) is 6.38. The lowest BCUT2D eigenvalue weighted by Crippen LogP contribution is -2.63. The molecule has 34 heavy (non-hydrogen) atoms. The van der Waals surface area contributed by atoms with Crippen LogP contribution >= 0.6 is 23.2 Å². The van der Waals surface area contributed by atoms with E-state index in [1.807, 2.05) is 0 Å². The number of benzene rings is 2. The molecule has 0 saturated carbocycles. The van der Waals surface area contributed by atoms with Crippen molar-refractivity contribution < 1.29 is 27.2 Å². The highest BCUT2D eigenvalue weighted by Crippen LogP contribution is 2.48. The molecule has 180 valence electrons. The topological polar surface area (TPSA) is 44.8 Å². The highest BCUT2D eigenvalue weighted by Gasteiger charge is 2.59. The number of nitrogens with one attached hydrogen (secondary N) is 1. The molecule has 2 aromatic rings. The Morgan fingerprint density at radius 3 is 2.12 bits per heavy atom. The summed E-state index contributed by atoms with van der Waals surface area (Å²) in [5, 5.41) is 0.0765. The Morgan fingerprint density at radius 1 is 0.971 bits per heavy atom. The van der Waals surface area contributed by atoms with Gasteiger partial charge in [0.05, 0.1) is 18.8 Å². The second kappa shape index (κ2) is 8.03. The Hall–Kier alpha value is -2.49. The number of amides is 2. The largest absolute Gasteiger partial charge is 0.428 e. The molecule has 1 N–H and O–H groups in total. The van der Waals surface area contributed by atoms with Gasteiger partial charge in [-0.1, -0.05) is 47.5 Å². The molecule has 2 aromatic carbocycles. The fourth-order valence-electron chi connectivity index (χ4n) is 4.29. The van der Waals surface area contributed by atoms with E-state index >= 15 is 4.39 Å². The number of alkyl halides is 4. The summed E-state index contributed by atoms with van der Waals surface area (Å²) in [4.78, 5) is 20.4. The van der Waals surface area contributed by atoms with Crippen molar-refractivity contribution in [1.82, 2.24) is 15.3 Å². The first-order valence-corrected chi connectivity index (χ1v) is 11.3. The molecule has 2 saturated heterocycles. The van der Waals surface area contributed by atoms with Gasteiger partial charge in [0.2, 0.25) is 5.60 Å². The van der Waals surface area contributed by atoms with Crippen LogP contribution in [0.15, 0.2) is 48.5 Å². The van der Waals surface area contributed by atoms with Gasteiger partial charge in [0.1, 0.15) is 0 Å². The number of hydrogen-bond acceptors (Lipinski definition) is 3. The van der Waals surface area contributed by atoms with Crippen molar-refractivity contribution in [2.24, 2.45) is 0 Å². The van der Waals surface area contributed by atoms with Gasteiger partial charge in [-0.05, 0) is 41.8 Å². The van der Waals surface area contributed by atoms with Crippen LogP contribution in [-0.4, -0.2) is 48.2 Å². The van der Waals surface area contributed by atoms with Gasteiger partial charge in [0.15, 0.2) is 5.67 Å². The van der Waals surface area contributed by atoms with E-state index in [1.54, 1.807) is 4.90 Å². The number of carbonyl (C=O) groups excluding carboxylic acids is 1. The number of halogens is 6.